The van der Waals surface area contributed by atoms with Gasteiger partial charge in [0, 0.05) is 4.83 Å². The largest absolute Gasteiger partial charge is 0.0838 e. The van der Waals surface area contributed by atoms with Crippen molar-refractivity contribution in [1.29, 1.82) is 0 Å². The van der Waals surface area contributed by atoms with Gasteiger partial charge >= 0.3 is 0 Å². The average molecular weight is 281 g/mol. The Labute approximate surface area is 108 Å². The Kier molecular flexibility index (Phi) is 3.18. The molecule has 0 aliphatic heterocycles. The quantitative estimate of drug-likeness (QED) is 0.458. The van der Waals surface area contributed by atoms with Crippen LogP contribution in [0.15, 0.2) is 12.1 Å². The first kappa shape index (κ1) is 12.2. The van der Waals surface area contributed by atoms with Crippen LogP contribution in [0.2, 0.25) is 0 Å². The van der Waals surface area contributed by atoms with E-state index in [4.69, 9.17) is 0 Å². The Morgan fingerprint density at radius 3 is 2.50 bits per heavy atom. The van der Waals surface area contributed by atoms with Crippen molar-refractivity contribution in [2.75, 3.05) is 0 Å². The Hall–Kier alpha value is -0.300. The van der Waals surface area contributed by atoms with Gasteiger partial charge in [-0.05, 0) is 60.8 Å². The van der Waals surface area contributed by atoms with E-state index in [1.165, 1.54) is 30.4 Å². The third kappa shape index (κ3) is 2.20. The van der Waals surface area contributed by atoms with Crippen molar-refractivity contribution in [2.45, 2.75) is 51.8 Å². The minimum absolute atomic E-state index is 0.450. The molecule has 1 aliphatic carbocycles. The van der Waals surface area contributed by atoms with E-state index in [-0.39, 0.29) is 0 Å². The number of benzene rings is 1. The SMILES string of the molecule is Cc1ccc(C)c2c1CCC(C)(C)CC2Br. The van der Waals surface area contributed by atoms with Gasteiger partial charge in [-0.2, -0.15) is 0 Å². The second-order valence-corrected chi connectivity index (χ2v) is 7.03. The zero-order chi connectivity index (χ0) is 11.9. The van der Waals surface area contributed by atoms with E-state index in [9.17, 15) is 0 Å². The minimum atomic E-state index is 0.450. The van der Waals surface area contributed by atoms with Crippen LogP contribution in [0.4, 0.5) is 0 Å². The van der Waals surface area contributed by atoms with Crippen LogP contribution in [0.25, 0.3) is 0 Å². The van der Waals surface area contributed by atoms with E-state index in [0.29, 0.717) is 10.2 Å². The summed E-state index contributed by atoms with van der Waals surface area (Å²) >= 11 is 3.90. The van der Waals surface area contributed by atoms with E-state index in [1.807, 2.05) is 0 Å². The van der Waals surface area contributed by atoms with Crippen molar-refractivity contribution in [3.63, 3.8) is 0 Å². The molecular formula is C15H21Br. The van der Waals surface area contributed by atoms with Gasteiger partial charge in [0.05, 0.1) is 0 Å². The summed E-state index contributed by atoms with van der Waals surface area (Å²) in [5.74, 6) is 0. The van der Waals surface area contributed by atoms with Gasteiger partial charge in [0.25, 0.3) is 0 Å². The molecule has 0 heterocycles. The highest BCUT2D eigenvalue weighted by Gasteiger charge is 2.29. The average Bonchev–Trinajstić information content (AvgIpc) is 2.29. The summed E-state index contributed by atoms with van der Waals surface area (Å²) < 4.78 is 0. The van der Waals surface area contributed by atoms with Crippen LogP contribution in [-0.2, 0) is 6.42 Å². The molecule has 0 amide bonds. The van der Waals surface area contributed by atoms with Gasteiger partial charge in [0.1, 0.15) is 0 Å². The van der Waals surface area contributed by atoms with Crippen LogP contribution >= 0.6 is 15.9 Å². The predicted molar refractivity (Wildman–Crippen MR) is 74.3 cm³/mol. The lowest BCUT2D eigenvalue weighted by Gasteiger charge is -2.24. The molecule has 1 aromatic carbocycles. The molecule has 0 radical (unpaired) electrons. The zero-order valence-electron chi connectivity index (χ0n) is 10.7. The first-order valence-electron chi connectivity index (χ1n) is 6.14. The van der Waals surface area contributed by atoms with E-state index < -0.39 is 0 Å². The first-order chi connectivity index (χ1) is 7.41. The molecule has 0 nitrogen and oxygen atoms in total. The number of alkyl halides is 1. The van der Waals surface area contributed by atoms with Gasteiger partial charge in [-0.15, -0.1) is 0 Å². The Morgan fingerprint density at radius 2 is 1.81 bits per heavy atom. The van der Waals surface area contributed by atoms with Gasteiger partial charge in [0.15, 0.2) is 0 Å². The number of aryl methyl sites for hydroxylation is 2. The van der Waals surface area contributed by atoms with Crippen molar-refractivity contribution in [1.82, 2.24) is 0 Å². The smallest absolute Gasteiger partial charge is 0.0405 e. The maximum Gasteiger partial charge on any atom is 0.0405 e. The molecule has 0 bridgehead atoms. The maximum absolute atomic E-state index is 3.90. The standard InChI is InChI=1S/C15H21Br/c1-10-5-6-11(2)14-12(10)7-8-15(3,4)9-13(14)16/h5-6,13H,7-9H2,1-4H3. The van der Waals surface area contributed by atoms with E-state index in [1.54, 1.807) is 11.1 Å². The number of halogens is 1. The summed E-state index contributed by atoms with van der Waals surface area (Å²) in [6.07, 6.45) is 3.77. The molecule has 0 N–H and O–H groups in total. The van der Waals surface area contributed by atoms with Gasteiger partial charge in [-0.25, -0.2) is 0 Å². The lowest BCUT2D eigenvalue weighted by molar-refractivity contribution is 0.316. The molecule has 0 aromatic heterocycles. The van der Waals surface area contributed by atoms with E-state index >= 15 is 0 Å². The minimum Gasteiger partial charge on any atom is -0.0838 e. The fourth-order valence-electron chi connectivity index (χ4n) is 2.81. The van der Waals surface area contributed by atoms with Crippen LogP contribution in [0.5, 0.6) is 0 Å². The van der Waals surface area contributed by atoms with Crippen LogP contribution in [-0.4, -0.2) is 0 Å². The molecule has 1 atom stereocenters. The molecule has 1 aromatic rings. The van der Waals surface area contributed by atoms with Crippen molar-refractivity contribution >= 4 is 15.9 Å². The summed E-state index contributed by atoms with van der Waals surface area (Å²) in [5.41, 5.74) is 6.51. The highest BCUT2D eigenvalue weighted by atomic mass is 79.9. The lowest BCUT2D eigenvalue weighted by Crippen LogP contribution is -2.11. The summed E-state index contributed by atoms with van der Waals surface area (Å²) in [5, 5.41) is 0. The number of hydrogen-bond donors (Lipinski definition) is 0. The summed E-state index contributed by atoms with van der Waals surface area (Å²) in [6, 6.07) is 4.53. The van der Waals surface area contributed by atoms with E-state index in [2.05, 4.69) is 55.8 Å². The third-order valence-electron chi connectivity index (χ3n) is 3.91. The number of hydrogen-bond acceptors (Lipinski definition) is 0. The highest BCUT2D eigenvalue weighted by Crippen LogP contribution is 2.45. The normalized spacial score (nSPS) is 23.7. The topological polar surface area (TPSA) is 0 Å². The molecule has 0 saturated heterocycles. The molecule has 0 saturated carbocycles. The number of fused-ring (bicyclic) bond motifs is 1. The molecule has 0 spiro atoms. The van der Waals surface area contributed by atoms with Crippen LogP contribution in [0.1, 0.15) is 53.8 Å². The van der Waals surface area contributed by atoms with Crippen LogP contribution < -0.4 is 0 Å². The maximum atomic E-state index is 3.90. The molecule has 1 heteroatoms. The third-order valence-corrected chi connectivity index (χ3v) is 4.69. The molecule has 16 heavy (non-hydrogen) atoms. The fourth-order valence-corrected chi connectivity index (χ4v) is 4.33. The summed E-state index contributed by atoms with van der Waals surface area (Å²) in [4.78, 5) is 0.528. The summed E-state index contributed by atoms with van der Waals surface area (Å²) in [7, 11) is 0. The first-order valence-corrected chi connectivity index (χ1v) is 7.05. The number of rotatable bonds is 0. The van der Waals surface area contributed by atoms with Gasteiger partial charge in [0.2, 0.25) is 0 Å². The van der Waals surface area contributed by atoms with Crippen molar-refractivity contribution in [3.05, 3.63) is 34.4 Å². The Balaban J connectivity index is 2.52. The van der Waals surface area contributed by atoms with Crippen molar-refractivity contribution in [3.8, 4) is 0 Å². The van der Waals surface area contributed by atoms with Gasteiger partial charge in [-0.3, -0.25) is 0 Å². The highest BCUT2D eigenvalue weighted by molar-refractivity contribution is 9.09. The zero-order valence-corrected chi connectivity index (χ0v) is 12.3. The molecule has 2 rings (SSSR count). The van der Waals surface area contributed by atoms with Crippen LogP contribution in [0, 0.1) is 19.3 Å². The molecule has 88 valence electrons. The van der Waals surface area contributed by atoms with E-state index in [0.717, 1.165) is 0 Å². The molecule has 1 aliphatic rings. The fraction of sp³-hybridized carbons (Fsp3) is 0.600. The summed E-state index contributed by atoms with van der Waals surface area (Å²) in [6.45, 7) is 9.26. The monoisotopic (exact) mass is 280 g/mol. The van der Waals surface area contributed by atoms with Crippen molar-refractivity contribution < 1.29 is 0 Å². The van der Waals surface area contributed by atoms with Gasteiger partial charge < -0.3 is 0 Å². The predicted octanol–water partition coefficient (Wildman–Crippen LogP) is 5.10. The van der Waals surface area contributed by atoms with Crippen LogP contribution in [0.3, 0.4) is 0 Å². The molecular weight excluding hydrogens is 260 g/mol. The Morgan fingerprint density at radius 1 is 1.19 bits per heavy atom. The molecule has 0 fully saturated rings. The second kappa shape index (κ2) is 4.18. The van der Waals surface area contributed by atoms with Crippen molar-refractivity contribution in [2.24, 2.45) is 5.41 Å². The second-order valence-electron chi connectivity index (χ2n) is 5.93. The van der Waals surface area contributed by atoms with Gasteiger partial charge in [-0.1, -0.05) is 41.9 Å². The Bertz CT molecular complexity index is 404. The lowest BCUT2D eigenvalue weighted by atomic mass is 9.84. The molecule has 1 unspecified atom stereocenters.